The number of amides is 2. The lowest BCUT2D eigenvalue weighted by atomic mass is 9.97. The summed E-state index contributed by atoms with van der Waals surface area (Å²) in [5.74, 6) is 0.608. The van der Waals surface area contributed by atoms with Gasteiger partial charge in [-0.15, -0.1) is 0 Å². The number of rotatable bonds is 6. The molecular formula is C25H29FN2O4. The van der Waals surface area contributed by atoms with Crippen molar-refractivity contribution in [3.05, 3.63) is 59.9 Å². The van der Waals surface area contributed by atoms with Crippen LogP contribution in [-0.4, -0.2) is 48.6 Å². The standard InChI is InChI=1S/C25H29FN2O4/c1-31-20-11-9-17(10-12-20)13-19-15-22-23(7-2-3-8-24(29)27-22)28(19)25(30)16-32-21-6-4-5-18(26)14-21/h4-6,9-12,14,19,22-23H,2-3,7-8,13,15-16H2,1H3,(H,27,29)/t19-,22+,23-/m1/s1. The number of halogens is 1. The van der Waals surface area contributed by atoms with Gasteiger partial charge in [-0.3, -0.25) is 9.59 Å². The van der Waals surface area contributed by atoms with E-state index in [2.05, 4.69) is 5.32 Å². The fourth-order valence-electron chi connectivity index (χ4n) is 4.82. The molecule has 2 aromatic rings. The minimum Gasteiger partial charge on any atom is -0.497 e. The number of ether oxygens (including phenoxy) is 2. The Hall–Kier alpha value is -3.09. The zero-order valence-corrected chi connectivity index (χ0v) is 18.3. The van der Waals surface area contributed by atoms with Crippen LogP contribution in [0.25, 0.3) is 0 Å². The SMILES string of the molecule is COc1ccc(C[C@@H]2C[C@@H]3NC(=O)CCCC[C@H]3N2C(=O)COc2cccc(F)c2)cc1. The predicted molar refractivity (Wildman–Crippen MR) is 118 cm³/mol. The molecule has 3 atom stereocenters. The Labute approximate surface area is 187 Å². The molecule has 2 amide bonds. The lowest BCUT2D eigenvalue weighted by Crippen LogP contribution is -2.50. The van der Waals surface area contributed by atoms with E-state index in [1.807, 2.05) is 29.2 Å². The van der Waals surface area contributed by atoms with Crippen LogP contribution in [0.3, 0.4) is 0 Å². The minimum absolute atomic E-state index is 0.0493. The molecule has 2 aromatic carbocycles. The average molecular weight is 441 g/mol. The molecule has 0 saturated carbocycles. The number of nitrogens with zero attached hydrogens (tertiary/aromatic N) is 1. The minimum atomic E-state index is -0.406. The molecule has 0 aromatic heterocycles. The highest BCUT2D eigenvalue weighted by molar-refractivity contribution is 5.80. The number of methoxy groups -OCH3 is 1. The van der Waals surface area contributed by atoms with Crippen LogP contribution in [-0.2, 0) is 16.0 Å². The molecule has 170 valence electrons. The third-order valence-corrected chi connectivity index (χ3v) is 6.32. The second kappa shape index (κ2) is 10.0. The van der Waals surface area contributed by atoms with Gasteiger partial charge in [-0.2, -0.15) is 0 Å². The Morgan fingerprint density at radius 1 is 1.16 bits per heavy atom. The van der Waals surface area contributed by atoms with Crippen molar-refractivity contribution in [1.82, 2.24) is 10.2 Å². The van der Waals surface area contributed by atoms with Crippen molar-refractivity contribution < 1.29 is 23.5 Å². The maximum Gasteiger partial charge on any atom is 0.261 e. The van der Waals surface area contributed by atoms with Gasteiger partial charge in [-0.25, -0.2) is 4.39 Å². The van der Waals surface area contributed by atoms with E-state index in [1.54, 1.807) is 19.2 Å². The van der Waals surface area contributed by atoms with Gasteiger partial charge in [0, 0.05) is 18.5 Å². The molecule has 0 unspecified atom stereocenters. The number of benzene rings is 2. The Morgan fingerprint density at radius 3 is 2.72 bits per heavy atom. The molecule has 6 nitrogen and oxygen atoms in total. The molecule has 0 aliphatic carbocycles. The number of nitrogens with one attached hydrogen (secondary N) is 1. The molecule has 2 aliphatic heterocycles. The smallest absolute Gasteiger partial charge is 0.261 e. The van der Waals surface area contributed by atoms with E-state index >= 15 is 0 Å². The summed E-state index contributed by atoms with van der Waals surface area (Å²) >= 11 is 0. The molecule has 0 bridgehead atoms. The van der Waals surface area contributed by atoms with Gasteiger partial charge >= 0.3 is 0 Å². The molecule has 32 heavy (non-hydrogen) atoms. The van der Waals surface area contributed by atoms with Crippen molar-refractivity contribution in [3.8, 4) is 11.5 Å². The van der Waals surface area contributed by atoms with E-state index < -0.39 is 5.82 Å². The monoisotopic (exact) mass is 440 g/mol. The van der Waals surface area contributed by atoms with Crippen LogP contribution in [0.1, 0.15) is 37.7 Å². The average Bonchev–Trinajstić information content (AvgIpc) is 3.10. The van der Waals surface area contributed by atoms with Crippen LogP contribution in [0.2, 0.25) is 0 Å². The van der Waals surface area contributed by atoms with Crippen LogP contribution < -0.4 is 14.8 Å². The molecule has 0 spiro atoms. The van der Waals surface area contributed by atoms with Gasteiger partial charge in [-0.05, 0) is 55.5 Å². The van der Waals surface area contributed by atoms with Gasteiger partial charge in [0.15, 0.2) is 6.61 Å². The van der Waals surface area contributed by atoms with Crippen molar-refractivity contribution in [2.45, 2.75) is 56.7 Å². The van der Waals surface area contributed by atoms with E-state index in [0.717, 1.165) is 30.6 Å². The van der Waals surface area contributed by atoms with Crippen LogP contribution >= 0.6 is 0 Å². The summed E-state index contributed by atoms with van der Waals surface area (Å²) in [6.45, 7) is -0.167. The van der Waals surface area contributed by atoms with E-state index in [-0.39, 0.29) is 36.5 Å². The fourth-order valence-corrected chi connectivity index (χ4v) is 4.82. The van der Waals surface area contributed by atoms with E-state index in [1.165, 1.54) is 12.1 Å². The second-order valence-corrected chi connectivity index (χ2v) is 8.48. The van der Waals surface area contributed by atoms with Gasteiger partial charge in [0.05, 0.1) is 19.2 Å². The van der Waals surface area contributed by atoms with Gasteiger partial charge in [0.1, 0.15) is 17.3 Å². The van der Waals surface area contributed by atoms with E-state index in [9.17, 15) is 14.0 Å². The van der Waals surface area contributed by atoms with Crippen molar-refractivity contribution in [1.29, 1.82) is 0 Å². The summed E-state index contributed by atoms with van der Waals surface area (Å²) in [4.78, 5) is 27.5. The Bertz CT molecular complexity index is 949. The summed E-state index contributed by atoms with van der Waals surface area (Å²) in [5, 5.41) is 3.14. The van der Waals surface area contributed by atoms with Crippen molar-refractivity contribution in [2.24, 2.45) is 0 Å². The van der Waals surface area contributed by atoms with Gasteiger partial charge in [0.2, 0.25) is 5.91 Å². The Balaban J connectivity index is 1.52. The molecule has 2 heterocycles. The maximum absolute atomic E-state index is 13.5. The van der Waals surface area contributed by atoms with Crippen LogP contribution in [0.4, 0.5) is 4.39 Å². The van der Waals surface area contributed by atoms with Gasteiger partial charge in [-0.1, -0.05) is 24.6 Å². The second-order valence-electron chi connectivity index (χ2n) is 8.48. The molecule has 2 saturated heterocycles. The lowest BCUT2D eigenvalue weighted by Gasteiger charge is -2.33. The van der Waals surface area contributed by atoms with Crippen LogP contribution in [0.5, 0.6) is 11.5 Å². The van der Waals surface area contributed by atoms with E-state index in [0.29, 0.717) is 25.0 Å². The molecule has 2 fully saturated rings. The lowest BCUT2D eigenvalue weighted by molar-refractivity contribution is -0.137. The first-order valence-electron chi connectivity index (χ1n) is 11.2. The first-order chi connectivity index (χ1) is 15.5. The molecule has 1 N–H and O–H groups in total. The quantitative estimate of drug-likeness (QED) is 0.747. The molecular weight excluding hydrogens is 411 g/mol. The third-order valence-electron chi connectivity index (χ3n) is 6.32. The van der Waals surface area contributed by atoms with Crippen molar-refractivity contribution in [2.75, 3.05) is 13.7 Å². The zero-order valence-electron chi connectivity index (χ0n) is 18.3. The zero-order chi connectivity index (χ0) is 22.5. The summed E-state index contributed by atoms with van der Waals surface area (Å²) in [6.07, 6.45) is 4.48. The normalized spacial score (nSPS) is 23.0. The van der Waals surface area contributed by atoms with Gasteiger partial charge in [0.25, 0.3) is 5.91 Å². The first-order valence-corrected chi connectivity index (χ1v) is 11.2. The molecule has 2 aliphatic rings. The summed E-state index contributed by atoms with van der Waals surface area (Å²) in [5.41, 5.74) is 1.10. The Morgan fingerprint density at radius 2 is 1.97 bits per heavy atom. The summed E-state index contributed by atoms with van der Waals surface area (Å²) < 4.78 is 24.3. The van der Waals surface area contributed by atoms with Crippen molar-refractivity contribution in [3.63, 3.8) is 0 Å². The topological polar surface area (TPSA) is 67.9 Å². The number of likely N-dealkylation sites (tertiary alicyclic amines) is 1. The van der Waals surface area contributed by atoms with Crippen molar-refractivity contribution >= 4 is 11.8 Å². The van der Waals surface area contributed by atoms with E-state index in [4.69, 9.17) is 9.47 Å². The number of carbonyl (C=O) groups is 2. The third kappa shape index (κ3) is 5.21. The number of hydrogen-bond acceptors (Lipinski definition) is 4. The molecule has 0 radical (unpaired) electrons. The first kappa shape index (κ1) is 22.1. The highest BCUT2D eigenvalue weighted by atomic mass is 19.1. The van der Waals surface area contributed by atoms with Gasteiger partial charge < -0.3 is 19.7 Å². The fraction of sp³-hybridized carbons (Fsp3) is 0.440. The summed E-state index contributed by atoms with van der Waals surface area (Å²) in [7, 11) is 1.63. The van der Waals surface area contributed by atoms with Crippen LogP contribution in [0.15, 0.2) is 48.5 Å². The maximum atomic E-state index is 13.5. The summed E-state index contributed by atoms with van der Waals surface area (Å²) in [6, 6.07) is 13.4. The predicted octanol–water partition coefficient (Wildman–Crippen LogP) is 3.48. The van der Waals surface area contributed by atoms with Crippen LogP contribution in [0, 0.1) is 5.82 Å². The largest absolute Gasteiger partial charge is 0.497 e. The molecule has 7 heteroatoms. The number of fused-ring (bicyclic) bond motifs is 1. The highest BCUT2D eigenvalue weighted by Gasteiger charge is 2.44. The number of carbonyl (C=O) groups excluding carboxylic acids is 2. The Kier molecular flexibility index (Phi) is 6.93. The number of hydrogen-bond donors (Lipinski definition) is 1. The highest BCUT2D eigenvalue weighted by Crippen LogP contribution is 2.32. The molecule has 4 rings (SSSR count).